The number of halogens is 1. The van der Waals surface area contributed by atoms with Crippen molar-refractivity contribution in [1.82, 2.24) is 0 Å². The molecule has 1 unspecified atom stereocenters. The highest BCUT2D eigenvalue weighted by atomic mass is 79.9. The van der Waals surface area contributed by atoms with Crippen molar-refractivity contribution >= 4 is 21.7 Å². The van der Waals surface area contributed by atoms with E-state index in [9.17, 15) is 25.2 Å². The maximum Gasteiger partial charge on any atom is 0.264 e. The van der Waals surface area contributed by atoms with Gasteiger partial charge in [0, 0.05) is 0 Å². The molecule has 0 radical (unpaired) electrons. The molecule has 5 atom stereocenters. The molecule has 1 aliphatic rings. The number of hydrogen-bond acceptors (Lipinski definition) is 7. The quantitative estimate of drug-likeness (QED) is 0.356. The Balaban J connectivity index is 3.15. The monoisotopic (exact) mass is 300 g/mol. The molecule has 0 aromatic rings. The van der Waals surface area contributed by atoms with E-state index in [2.05, 4.69) is 15.9 Å². The van der Waals surface area contributed by atoms with Crippen LogP contribution in [0.1, 0.15) is 6.92 Å². The maximum absolute atomic E-state index is 11.2. The predicted octanol–water partition coefficient (Wildman–Crippen LogP) is -2.54. The summed E-state index contributed by atoms with van der Waals surface area (Å²) < 4.78 is 2.15. The molecule has 0 amide bonds. The summed E-state index contributed by atoms with van der Waals surface area (Å²) in [7, 11) is 0. The number of carbonyl (C=O) groups is 1. The van der Waals surface area contributed by atoms with Gasteiger partial charge in [0.15, 0.2) is 5.78 Å². The number of carbonyl (C=O) groups excluding carboxylic acids is 1. The number of ketones is 1. The van der Waals surface area contributed by atoms with E-state index in [4.69, 9.17) is 9.84 Å². The standard InChI is InChI=1S/C8H13BrO7/c1-3(11)7(14)6(13)5(12)4(2-10)16-8(7,9)15/h4-6,10,12-15H,2H2,1H3/t4-,5-,6+,7+,8?/m1/s1. The van der Waals surface area contributed by atoms with Crippen molar-refractivity contribution in [3.63, 3.8) is 0 Å². The molecule has 94 valence electrons. The van der Waals surface area contributed by atoms with E-state index in [0.29, 0.717) is 0 Å². The van der Waals surface area contributed by atoms with Gasteiger partial charge in [-0.3, -0.25) is 4.79 Å². The number of hydrogen-bond donors (Lipinski definition) is 5. The second-order valence-corrected chi connectivity index (χ2v) is 4.73. The van der Waals surface area contributed by atoms with Gasteiger partial charge in [0.05, 0.1) is 6.61 Å². The average Bonchev–Trinajstić information content (AvgIpc) is 2.20. The fourth-order valence-corrected chi connectivity index (χ4v) is 2.32. The van der Waals surface area contributed by atoms with Crippen LogP contribution in [0, 0.1) is 0 Å². The molecule has 1 rings (SSSR count). The van der Waals surface area contributed by atoms with E-state index in [-0.39, 0.29) is 0 Å². The number of rotatable bonds is 2. The zero-order valence-electron chi connectivity index (χ0n) is 8.37. The second kappa shape index (κ2) is 4.30. The van der Waals surface area contributed by atoms with Crippen LogP contribution in [0.2, 0.25) is 0 Å². The summed E-state index contributed by atoms with van der Waals surface area (Å²) in [5.41, 5.74) is -2.71. The average molecular weight is 301 g/mol. The minimum Gasteiger partial charge on any atom is -0.394 e. The molecule has 0 aliphatic carbocycles. The second-order valence-electron chi connectivity index (χ2n) is 3.66. The minimum atomic E-state index is -2.71. The Labute approximate surface area is 99.4 Å². The zero-order valence-corrected chi connectivity index (χ0v) is 9.96. The van der Waals surface area contributed by atoms with Crippen molar-refractivity contribution in [2.75, 3.05) is 6.61 Å². The van der Waals surface area contributed by atoms with Crippen LogP contribution in [0.4, 0.5) is 0 Å². The van der Waals surface area contributed by atoms with Crippen LogP contribution in [0.25, 0.3) is 0 Å². The normalized spacial score (nSPS) is 49.1. The molecule has 0 aromatic heterocycles. The highest BCUT2D eigenvalue weighted by Crippen LogP contribution is 2.41. The van der Waals surface area contributed by atoms with Gasteiger partial charge in [-0.15, -0.1) is 0 Å². The predicted molar refractivity (Wildman–Crippen MR) is 53.5 cm³/mol. The van der Waals surface area contributed by atoms with Crippen LogP contribution in [-0.2, 0) is 9.53 Å². The van der Waals surface area contributed by atoms with Crippen molar-refractivity contribution in [3.8, 4) is 0 Å². The first kappa shape index (κ1) is 14.0. The van der Waals surface area contributed by atoms with Gasteiger partial charge >= 0.3 is 0 Å². The molecule has 5 N–H and O–H groups in total. The van der Waals surface area contributed by atoms with Gasteiger partial charge in [-0.1, -0.05) is 0 Å². The number of alkyl halides is 1. The van der Waals surface area contributed by atoms with Crippen LogP contribution in [0.5, 0.6) is 0 Å². The van der Waals surface area contributed by atoms with Crippen molar-refractivity contribution in [1.29, 1.82) is 0 Å². The summed E-state index contributed by atoms with van der Waals surface area (Å²) in [5.74, 6) is -0.991. The van der Waals surface area contributed by atoms with Crippen LogP contribution in [0.15, 0.2) is 0 Å². The summed E-state index contributed by atoms with van der Waals surface area (Å²) in [5, 5.41) is 47.5. The molecule has 1 heterocycles. The lowest BCUT2D eigenvalue weighted by molar-refractivity contribution is -0.330. The maximum atomic E-state index is 11.2. The molecule has 7 nitrogen and oxygen atoms in total. The van der Waals surface area contributed by atoms with Gasteiger partial charge in [0.2, 0.25) is 5.60 Å². The van der Waals surface area contributed by atoms with Crippen LogP contribution in [0.3, 0.4) is 0 Å². The fraction of sp³-hybridized carbons (Fsp3) is 0.875. The Morgan fingerprint density at radius 2 is 1.94 bits per heavy atom. The number of aliphatic hydroxyl groups is 5. The zero-order chi connectivity index (χ0) is 12.7. The van der Waals surface area contributed by atoms with E-state index in [1.807, 2.05) is 0 Å². The SMILES string of the molecule is CC(=O)[C@]1(O)[C@@H](O)[C@H](O)[C@@H](CO)OC1(O)Br. The molecule has 0 saturated carbocycles. The summed E-state index contributed by atoms with van der Waals surface area (Å²) in [6.07, 6.45) is -5.00. The van der Waals surface area contributed by atoms with Gasteiger partial charge < -0.3 is 30.3 Å². The third-order valence-electron chi connectivity index (χ3n) is 2.63. The Morgan fingerprint density at radius 3 is 2.31 bits per heavy atom. The van der Waals surface area contributed by atoms with E-state index in [0.717, 1.165) is 6.92 Å². The third-order valence-corrected chi connectivity index (χ3v) is 3.42. The summed E-state index contributed by atoms with van der Waals surface area (Å²) in [4.78, 5) is 11.2. The molecule has 0 aromatic carbocycles. The molecular weight excluding hydrogens is 288 g/mol. The largest absolute Gasteiger partial charge is 0.394 e. The third kappa shape index (κ3) is 1.80. The first-order valence-corrected chi connectivity index (χ1v) is 5.27. The molecule has 0 spiro atoms. The summed E-state index contributed by atoms with van der Waals surface area (Å²) in [6.45, 7) is 0.227. The number of Topliss-reactive ketones (excluding diaryl/α,β-unsaturated/α-hetero) is 1. The Morgan fingerprint density at radius 1 is 1.44 bits per heavy atom. The smallest absolute Gasteiger partial charge is 0.264 e. The molecule has 1 aliphatic heterocycles. The lowest BCUT2D eigenvalue weighted by Crippen LogP contribution is -2.73. The first-order chi connectivity index (χ1) is 7.18. The van der Waals surface area contributed by atoms with E-state index >= 15 is 0 Å². The molecule has 8 heteroatoms. The van der Waals surface area contributed by atoms with E-state index < -0.39 is 41.0 Å². The Bertz CT molecular complexity index is 294. The highest BCUT2D eigenvalue weighted by Gasteiger charge is 2.65. The number of aliphatic hydroxyl groups excluding tert-OH is 3. The molecule has 1 fully saturated rings. The summed E-state index contributed by atoms with van der Waals surface area (Å²) >= 11 is 2.54. The number of ether oxygens (including phenoxy) is 1. The highest BCUT2D eigenvalue weighted by molar-refractivity contribution is 9.10. The molecular formula is C8H13BrO7. The van der Waals surface area contributed by atoms with E-state index in [1.165, 1.54) is 0 Å². The van der Waals surface area contributed by atoms with Crippen LogP contribution in [-0.4, -0.2) is 66.5 Å². The Hall–Kier alpha value is -0.0900. The Kier molecular flexibility index (Phi) is 3.75. The molecule has 1 saturated heterocycles. The van der Waals surface area contributed by atoms with Gasteiger partial charge in [-0.25, -0.2) is 0 Å². The van der Waals surface area contributed by atoms with E-state index in [1.54, 1.807) is 0 Å². The van der Waals surface area contributed by atoms with Crippen molar-refractivity contribution in [3.05, 3.63) is 0 Å². The van der Waals surface area contributed by atoms with Crippen LogP contribution < -0.4 is 0 Å². The van der Waals surface area contributed by atoms with Crippen LogP contribution >= 0.6 is 15.9 Å². The van der Waals surface area contributed by atoms with Crippen molar-refractivity contribution in [2.45, 2.75) is 35.5 Å². The minimum absolute atomic E-state index is 0.694. The van der Waals surface area contributed by atoms with Gasteiger partial charge in [-0.05, 0) is 22.9 Å². The van der Waals surface area contributed by atoms with Crippen molar-refractivity contribution in [2.24, 2.45) is 0 Å². The van der Waals surface area contributed by atoms with Gasteiger partial charge in [-0.2, -0.15) is 0 Å². The lowest BCUT2D eigenvalue weighted by Gasteiger charge is -2.48. The summed E-state index contributed by atoms with van der Waals surface area (Å²) in [6, 6.07) is 0. The molecule has 16 heavy (non-hydrogen) atoms. The fourth-order valence-electron chi connectivity index (χ4n) is 1.56. The van der Waals surface area contributed by atoms with Gasteiger partial charge in [0.1, 0.15) is 18.3 Å². The first-order valence-electron chi connectivity index (χ1n) is 4.48. The van der Waals surface area contributed by atoms with Crippen molar-refractivity contribution < 1.29 is 35.1 Å². The van der Waals surface area contributed by atoms with Gasteiger partial charge in [0.25, 0.3) is 4.70 Å². The lowest BCUT2D eigenvalue weighted by atomic mass is 9.83. The topological polar surface area (TPSA) is 127 Å². The molecule has 0 bridgehead atoms.